The van der Waals surface area contributed by atoms with Gasteiger partial charge in [0.1, 0.15) is 0 Å². The van der Waals surface area contributed by atoms with Crippen molar-refractivity contribution in [3.05, 3.63) is 53.6 Å². The molecule has 1 heterocycles. The number of hydrogen-bond acceptors (Lipinski definition) is 3. The molecule has 3 rings (SSSR count). The number of likely N-dealkylation sites (N-methyl/N-ethyl adjacent to an activating group) is 1. The minimum absolute atomic E-state index is 0.0142. The number of nitrogens with two attached hydrogens (primary N) is 1. The highest BCUT2D eigenvalue weighted by Crippen LogP contribution is 2.33. The molecule has 1 aliphatic heterocycles. The third-order valence-corrected chi connectivity index (χ3v) is 4.09. The summed E-state index contributed by atoms with van der Waals surface area (Å²) < 4.78 is 0. The monoisotopic (exact) mass is 281 g/mol. The molecule has 0 atom stereocenters. The Morgan fingerprint density at radius 3 is 2.52 bits per heavy atom. The lowest BCUT2D eigenvalue weighted by molar-refractivity contribution is 0.0986. The van der Waals surface area contributed by atoms with Crippen LogP contribution in [0.2, 0.25) is 0 Å². The molecule has 0 spiro atoms. The van der Waals surface area contributed by atoms with Gasteiger partial charge in [0.25, 0.3) is 5.91 Å². The predicted molar refractivity (Wildman–Crippen MR) is 87.0 cm³/mol. The third-order valence-electron chi connectivity index (χ3n) is 4.09. The number of anilines is 3. The zero-order valence-corrected chi connectivity index (χ0v) is 12.3. The van der Waals surface area contributed by atoms with E-state index in [2.05, 4.69) is 4.90 Å². The molecule has 2 aromatic rings. The van der Waals surface area contributed by atoms with Gasteiger partial charge in [-0.3, -0.25) is 4.79 Å². The topological polar surface area (TPSA) is 49.6 Å². The molecule has 0 saturated carbocycles. The summed E-state index contributed by atoms with van der Waals surface area (Å²) in [6, 6.07) is 13.5. The Morgan fingerprint density at radius 1 is 1.05 bits per heavy atom. The predicted octanol–water partition coefficient (Wildman–Crippen LogP) is 2.67. The number of carbonyl (C=O) groups is 1. The number of hydrogen-bond donors (Lipinski definition) is 1. The number of amides is 1. The second-order valence-corrected chi connectivity index (χ2v) is 5.39. The van der Waals surface area contributed by atoms with Crippen LogP contribution in [0.3, 0.4) is 0 Å². The van der Waals surface area contributed by atoms with Crippen molar-refractivity contribution in [3.63, 3.8) is 0 Å². The van der Waals surface area contributed by atoms with Crippen LogP contribution in [-0.4, -0.2) is 26.0 Å². The molecule has 0 radical (unpaired) electrons. The lowest BCUT2D eigenvalue weighted by Crippen LogP contribution is -2.42. The molecule has 0 fully saturated rings. The Morgan fingerprint density at radius 2 is 1.76 bits per heavy atom. The first kappa shape index (κ1) is 13.5. The maximum atomic E-state index is 12.9. The van der Waals surface area contributed by atoms with Gasteiger partial charge >= 0.3 is 0 Å². The van der Waals surface area contributed by atoms with Crippen molar-refractivity contribution in [1.82, 2.24) is 0 Å². The van der Waals surface area contributed by atoms with Crippen molar-refractivity contribution in [3.8, 4) is 0 Å². The van der Waals surface area contributed by atoms with Crippen molar-refractivity contribution >= 4 is 23.0 Å². The molecule has 2 aromatic carbocycles. The lowest BCUT2D eigenvalue weighted by Gasteiger charge is -2.35. The van der Waals surface area contributed by atoms with E-state index in [0.717, 1.165) is 23.5 Å². The molecular weight excluding hydrogens is 262 g/mol. The van der Waals surface area contributed by atoms with Gasteiger partial charge in [-0.05, 0) is 36.8 Å². The summed E-state index contributed by atoms with van der Waals surface area (Å²) in [6.07, 6.45) is 0. The summed E-state index contributed by atoms with van der Waals surface area (Å²) in [5.41, 5.74) is 10.1. The number of nitrogens with zero attached hydrogens (tertiary/aromatic N) is 2. The number of nitrogen functional groups attached to an aromatic ring is 1. The number of carbonyl (C=O) groups excluding carboxylic acids is 1. The van der Waals surface area contributed by atoms with Crippen molar-refractivity contribution in [2.24, 2.45) is 0 Å². The van der Waals surface area contributed by atoms with Crippen LogP contribution >= 0.6 is 0 Å². The molecular formula is C17H19N3O. The fraction of sp³-hybridized carbons (Fsp3) is 0.235. The first-order valence-electron chi connectivity index (χ1n) is 7.06. The summed E-state index contributed by atoms with van der Waals surface area (Å²) in [7, 11) is 2.05. The van der Waals surface area contributed by atoms with Gasteiger partial charge in [0.2, 0.25) is 0 Å². The van der Waals surface area contributed by atoms with Gasteiger partial charge in [0, 0.05) is 31.4 Å². The molecule has 1 amide bonds. The maximum absolute atomic E-state index is 12.9. The van der Waals surface area contributed by atoms with Crippen molar-refractivity contribution < 1.29 is 4.79 Å². The van der Waals surface area contributed by atoms with Gasteiger partial charge < -0.3 is 15.5 Å². The molecule has 21 heavy (non-hydrogen) atoms. The van der Waals surface area contributed by atoms with Crippen LogP contribution in [0.15, 0.2) is 42.5 Å². The van der Waals surface area contributed by atoms with E-state index in [4.69, 9.17) is 5.73 Å². The minimum Gasteiger partial charge on any atom is -0.398 e. The second-order valence-electron chi connectivity index (χ2n) is 5.39. The van der Waals surface area contributed by atoms with Crippen LogP contribution < -0.4 is 15.5 Å². The first-order valence-corrected chi connectivity index (χ1v) is 7.06. The average molecular weight is 281 g/mol. The van der Waals surface area contributed by atoms with Crippen molar-refractivity contribution in [2.45, 2.75) is 6.92 Å². The summed E-state index contributed by atoms with van der Waals surface area (Å²) in [5.74, 6) is 0.0142. The van der Waals surface area contributed by atoms with E-state index in [1.807, 2.05) is 61.3 Å². The molecule has 2 N–H and O–H groups in total. The van der Waals surface area contributed by atoms with Gasteiger partial charge in [-0.2, -0.15) is 0 Å². The Balaban J connectivity index is 2.03. The molecule has 4 heteroatoms. The SMILES string of the molecule is Cc1c(N)cccc1C(=O)N1CCN(C)c2ccccc21. The Labute approximate surface area is 124 Å². The Hall–Kier alpha value is -2.49. The van der Waals surface area contributed by atoms with Gasteiger partial charge in [-0.1, -0.05) is 18.2 Å². The molecule has 108 valence electrons. The number of benzene rings is 2. The minimum atomic E-state index is 0.0142. The Bertz CT molecular complexity index is 696. The largest absolute Gasteiger partial charge is 0.398 e. The summed E-state index contributed by atoms with van der Waals surface area (Å²) >= 11 is 0. The normalized spacial score (nSPS) is 14.0. The van der Waals surface area contributed by atoms with E-state index < -0.39 is 0 Å². The fourth-order valence-corrected chi connectivity index (χ4v) is 2.75. The molecule has 1 aliphatic rings. The highest BCUT2D eigenvalue weighted by Gasteiger charge is 2.26. The van der Waals surface area contributed by atoms with E-state index in [1.165, 1.54) is 0 Å². The molecule has 4 nitrogen and oxygen atoms in total. The standard InChI is InChI=1S/C17H19N3O/c1-12-13(6-5-7-14(12)18)17(21)20-11-10-19(2)15-8-3-4-9-16(15)20/h3-9H,10-11,18H2,1-2H3. The maximum Gasteiger partial charge on any atom is 0.258 e. The molecule has 0 unspecified atom stereocenters. The quantitative estimate of drug-likeness (QED) is 0.818. The van der Waals surface area contributed by atoms with E-state index >= 15 is 0 Å². The highest BCUT2D eigenvalue weighted by atomic mass is 16.2. The van der Waals surface area contributed by atoms with Gasteiger partial charge in [0.15, 0.2) is 0 Å². The third kappa shape index (κ3) is 2.23. The van der Waals surface area contributed by atoms with Crippen LogP contribution in [0.1, 0.15) is 15.9 Å². The lowest BCUT2D eigenvalue weighted by atomic mass is 10.0. The van der Waals surface area contributed by atoms with Crippen LogP contribution in [0.25, 0.3) is 0 Å². The molecule has 0 aliphatic carbocycles. The van der Waals surface area contributed by atoms with Crippen LogP contribution in [0, 0.1) is 6.92 Å². The van der Waals surface area contributed by atoms with Crippen LogP contribution in [-0.2, 0) is 0 Å². The summed E-state index contributed by atoms with van der Waals surface area (Å²) in [4.78, 5) is 16.9. The molecule has 0 bridgehead atoms. The van der Waals surface area contributed by atoms with E-state index in [-0.39, 0.29) is 5.91 Å². The van der Waals surface area contributed by atoms with Gasteiger partial charge in [0.05, 0.1) is 11.4 Å². The van der Waals surface area contributed by atoms with E-state index in [9.17, 15) is 4.79 Å². The van der Waals surface area contributed by atoms with Crippen molar-refractivity contribution in [1.29, 1.82) is 0 Å². The number of rotatable bonds is 1. The number of fused-ring (bicyclic) bond motifs is 1. The number of para-hydroxylation sites is 2. The fourth-order valence-electron chi connectivity index (χ4n) is 2.75. The van der Waals surface area contributed by atoms with E-state index in [0.29, 0.717) is 17.8 Å². The summed E-state index contributed by atoms with van der Waals surface area (Å²) in [5, 5.41) is 0. The average Bonchev–Trinajstić information content (AvgIpc) is 2.50. The highest BCUT2D eigenvalue weighted by molar-refractivity contribution is 6.09. The summed E-state index contributed by atoms with van der Waals surface area (Å²) in [6.45, 7) is 3.40. The Kier molecular flexibility index (Phi) is 3.29. The zero-order valence-electron chi connectivity index (χ0n) is 12.3. The van der Waals surface area contributed by atoms with Crippen molar-refractivity contribution in [2.75, 3.05) is 35.7 Å². The second kappa shape index (κ2) is 5.13. The molecule has 0 aromatic heterocycles. The molecule has 0 saturated heterocycles. The first-order chi connectivity index (χ1) is 10.1. The van der Waals surface area contributed by atoms with Gasteiger partial charge in [-0.15, -0.1) is 0 Å². The van der Waals surface area contributed by atoms with Crippen LogP contribution in [0.4, 0.5) is 17.1 Å². The van der Waals surface area contributed by atoms with E-state index in [1.54, 1.807) is 0 Å². The van der Waals surface area contributed by atoms with Crippen LogP contribution in [0.5, 0.6) is 0 Å². The zero-order chi connectivity index (χ0) is 15.0. The van der Waals surface area contributed by atoms with Gasteiger partial charge in [-0.25, -0.2) is 0 Å². The smallest absolute Gasteiger partial charge is 0.258 e.